The first kappa shape index (κ1) is 11.8. The highest BCUT2D eigenvalue weighted by atomic mass is 127. The normalized spacial score (nSPS) is 13.8. The Balaban J connectivity index is 2.08. The summed E-state index contributed by atoms with van der Waals surface area (Å²) in [6.45, 7) is 0.888. The van der Waals surface area contributed by atoms with Crippen LogP contribution in [-0.2, 0) is 6.42 Å². The molecule has 0 amide bonds. The van der Waals surface area contributed by atoms with Gasteiger partial charge in [0, 0.05) is 21.5 Å². The minimum atomic E-state index is -0.189. The zero-order chi connectivity index (χ0) is 12.7. The summed E-state index contributed by atoms with van der Waals surface area (Å²) in [5.74, 6) is -0.189. The van der Waals surface area contributed by atoms with Crippen LogP contribution in [-0.4, -0.2) is 6.54 Å². The smallest absolute Gasteiger partial charge is 0.125 e. The zero-order valence-corrected chi connectivity index (χ0v) is 11.8. The third kappa shape index (κ3) is 1.94. The third-order valence-electron chi connectivity index (χ3n) is 3.21. The summed E-state index contributed by atoms with van der Waals surface area (Å²) >= 11 is 2.27. The van der Waals surface area contributed by atoms with E-state index in [4.69, 9.17) is 5.73 Å². The van der Waals surface area contributed by atoms with Crippen molar-refractivity contribution in [3.63, 3.8) is 0 Å². The molecule has 0 aromatic heterocycles. The lowest BCUT2D eigenvalue weighted by atomic mass is 10.1. The molecule has 0 bridgehead atoms. The van der Waals surface area contributed by atoms with Gasteiger partial charge < -0.3 is 10.6 Å². The van der Waals surface area contributed by atoms with Crippen molar-refractivity contribution in [1.82, 2.24) is 0 Å². The van der Waals surface area contributed by atoms with Crippen LogP contribution < -0.4 is 10.6 Å². The first-order valence-corrected chi connectivity index (χ1v) is 6.84. The van der Waals surface area contributed by atoms with Crippen LogP contribution in [0, 0.1) is 9.39 Å². The van der Waals surface area contributed by atoms with Crippen LogP contribution in [0.1, 0.15) is 5.56 Å². The van der Waals surface area contributed by atoms with Crippen molar-refractivity contribution in [2.24, 2.45) is 0 Å². The van der Waals surface area contributed by atoms with Crippen molar-refractivity contribution in [3.8, 4) is 0 Å². The molecule has 18 heavy (non-hydrogen) atoms. The van der Waals surface area contributed by atoms with Gasteiger partial charge in [-0.25, -0.2) is 4.39 Å². The molecule has 0 unspecified atom stereocenters. The Bertz CT molecular complexity index is 613. The number of fused-ring (bicyclic) bond motifs is 1. The molecule has 0 atom stereocenters. The fourth-order valence-electron chi connectivity index (χ4n) is 2.34. The number of benzene rings is 2. The highest BCUT2D eigenvalue weighted by Gasteiger charge is 2.22. The molecule has 3 rings (SSSR count). The molecule has 92 valence electrons. The molecule has 4 heteroatoms. The van der Waals surface area contributed by atoms with Crippen LogP contribution in [0.15, 0.2) is 36.4 Å². The van der Waals surface area contributed by atoms with Crippen molar-refractivity contribution in [3.05, 3.63) is 51.3 Å². The van der Waals surface area contributed by atoms with Gasteiger partial charge >= 0.3 is 0 Å². The van der Waals surface area contributed by atoms with Gasteiger partial charge in [0.15, 0.2) is 0 Å². The Hall–Kier alpha value is -1.30. The second kappa shape index (κ2) is 4.42. The number of anilines is 3. The number of rotatable bonds is 1. The molecule has 1 aliphatic heterocycles. The van der Waals surface area contributed by atoms with Gasteiger partial charge in [-0.05, 0) is 64.9 Å². The molecule has 2 aromatic rings. The molecule has 1 heterocycles. The summed E-state index contributed by atoms with van der Waals surface area (Å²) < 4.78 is 14.5. The minimum Gasteiger partial charge on any atom is -0.399 e. The summed E-state index contributed by atoms with van der Waals surface area (Å²) in [7, 11) is 0. The second-order valence-corrected chi connectivity index (χ2v) is 5.55. The molecule has 0 radical (unpaired) electrons. The summed E-state index contributed by atoms with van der Waals surface area (Å²) in [6, 6.07) is 10.8. The molecule has 0 fully saturated rings. The fraction of sp³-hybridized carbons (Fsp3) is 0.143. The van der Waals surface area contributed by atoms with E-state index in [9.17, 15) is 4.39 Å². The first-order chi connectivity index (χ1) is 8.65. The van der Waals surface area contributed by atoms with E-state index in [1.54, 1.807) is 6.07 Å². The topological polar surface area (TPSA) is 29.3 Å². The van der Waals surface area contributed by atoms with Gasteiger partial charge in [0.2, 0.25) is 0 Å². The van der Waals surface area contributed by atoms with E-state index in [1.807, 2.05) is 24.3 Å². The van der Waals surface area contributed by atoms with Crippen LogP contribution in [0.5, 0.6) is 0 Å². The van der Waals surface area contributed by atoms with Crippen molar-refractivity contribution >= 4 is 39.7 Å². The number of hydrogen-bond acceptors (Lipinski definition) is 2. The van der Waals surface area contributed by atoms with E-state index in [-0.39, 0.29) is 5.82 Å². The van der Waals surface area contributed by atoms with Crippen LogP contribution in [0.2, 0.25) is 0 Å². The molecular weight excluding hydrogens is 342 g/mol. The van der Waals surface area contributed by atoms with Gasteiger partial charge in [-0.3, -0.25) is 0 Å². The van der Waals surface area contributed by atoms with Crippen LogP contribution >= 0.6 is 22.6 Å². The largest absolute Gasteiger partial charge is 0.399 e. The molecule has 2 aromatic carbocycles. The predicted molar refractivity (Wildman–Crippen MR) is 80.7 cm³/mol. The van der Waals surface area contributed by atoms with E-state index in [2.05, 4.69) is 27.5 Å². The van der Waals surface area contributed by atoms with Gasteiger partial charge in [-0.1, -0.05) is 6.07 Å². The lowest BCUT2D eigenvalue weighted by Crippen LogP contribution is -2.14. The van der Waals surface area contributed by atoms with Gasteiger partial charge in [0.05, 0.1) is 5.69 Å². The Morgan fingerprint density at radius 1 is 1.11 bits per heavy atom. The number of nitrogens with zero attached hydrogens (tertiary/aromatic N) is 1. The zero-order valence-electron chi connectivity index (χ0n) is 9.66. The van der Waals surface area contributed by atoms with Gasteiger partial charge in [0.25, 0.3) is 0 Å². The van der Waals surface area contributed by atoms with Crippen molar-refractivity contribution in [1.29, 1.82) is 0 Å². The maximum absolute atomic E-state index is 13.4. The summed E-state index contributed by atoms with van der Waals surface area (Å²) in [6.07, 6.45) is 0.954. The molecule has 2 N–H and O–H groups in total. The monoisotopic (exact) mass is 354 g/mol. The van der Waals surface area contributed by atoms with Crippen molar-refractivity contribution in [2.45, 2.75) is 6.42 Å². The number of nitrogen functional groups attached to an aromatic ring is 1. The van der Waals surface area contributed by atoms with E-state index in [1.165, 1.54) is 11.6 Å². The summed E-state index contributed by atoms with van der Waals surface area (Å²) in [5, 5.41) is 0. The summed E-state index contributed by atoms with van der Waals surface area (Å²) in [4.78, 5) is 2.15. The predicted octanol–water partition coefficient (Wildman–Crippen LogP) is 3.71. The quantitative estimate of drug-likeness (QED) is 0.625. The molecule has 0 aliphatic carbocycles. The molecule has 1 aliphatic rings. The van der Waals surface area contributed by atoms with E-state index >= 15 is 0 Å². The average molecular weight is 354 g/mol. The maximum Gasteiger partial charge on any atom is 0.125 e. The molecule has 0 saturated carbocycles. The molecular formula is C14H12FIN2. The van der Waals surface area contributed by atoms with E-state index < -0.39 is 0 Å². The number of halogens is 2. The molecule has 0 spiro atoms. The second-order valence-electron chi connectivity index (χ2n) is 4.39. The first-order valence-electron chi connectivity index (χ1n) is 5.76. The summed E-state index contributed by atoms with van der Waals surface area (Å²) in [5.41, 5.74) is 9.77. The third-order valence-corrected chi connectivity index (χ3v) is 4.07. The lowest BCUT2D eigenvalue weighted by molar-refractivity contribution is 0.628. The minimum absolute atomic E-state index is 0.189. The van der Waals surface area contributed by atoms with Crippen LogP contribution in [0.3, 0.4) is 0 Å². The van der Waals surface area contributed by atoms with Crippen molar-refractivity contribution < 1.29 is 4.39 Å². The van der Waals surface area contributed by atoms with Gasteiger partial charge in [-0.2, -0.15) is 0 Å². The van der Waals surface area contributed by atoms with Gasteiger partial charge in [-0.15, -0.1) is 0 Å². The molecule has 2 nitrogen and oxygen atoms in total. The van der Waals surface area contributed by atoms with Gasteiger partial charge in [0.1, 0.15) is 5.82 Å². The van der Waals surface area contributed by atoms with E-state index in [0.717, 1.165) is 33.6 Å². The standard InChI is InChI=1S/C14H12FIN2/c15-10-2-1-9-5-6-18(14(9)7-10)13-4-3-11(17)8-12(13)16/h1-4,7-8H,5-6,17H2. The maximum atomic E-state index is 13.4. The Kier molecular flexibility index (Phi) is 2.89. The number of nitrogens with two attached hydrogens (primary N) is 1. The molecule has 0 saturated heterocycles. The Morgan fingerprint density at radius 2 is 1.94 bits per heavy atom. The fourth-order valence-corrected chi connectivity index (χ4v) is 3.18. The lowest BCUT2D eigenvalue weighted by Gasteiger charge is -2.21. The highest BCUT2D eigenvalue weighted by molar-refractivity contribution is 14.1. The van der Waals surface area contributed by atoms with Crippen molar-refractivity contribution in [2.75, 3.05) is 17.2 Å². The Labute approximate surface area is 119 Å². The van der Waals surface area contributed by atoms with Crippen LogP contribution in [0.25, 0.3) is 0 Å². The SMILES string of the molecule is Nc1ccc(N2CCc3ccc(F)cc32)c(I)c1. The Morgan fingerprint density at radius 3 is 2.72 bits per heavy atom. The van der Waals surface area contributed by atoms with Crippen LogP contribution in [0.4, 0.5) is 21.5 Å². The highest BCUT2D eigenvalue weighted by Crippen LogP contribution is 2.37. The van der Waals surface area contributed by atoms with E-state index in [0.29, 0.717) is 0 Å². The average Bonchev–Trinajstić information content (AvgIpc) is 2.72. The number of hydrogen-bond donors (Lipinski definition) is 1.